The maximum atomic E-state index is 13.9. The van der Waals surface area contributed by atoms with Crippen molar-refractivity contribution in [1.29, 1.82) is 0 Å². The van der Waals surface area contributed by atoms with Gasteiger partial charge in [-0.15, -0.1) is 0 Å². The van der Waals surface area contributed by atoms with Crippen LogP contribution in [-0.4, -0.2) is 18.0 Å². The number of nitrogens with zero attached hydrogens (tertiary/aromatic N) is 1. The van der Waals surface area contributed by atoms with Crippen LogP contribution in [0.5, 0.6) is 0 Å². The van der Waals surface area contributed by atoms with Gasteiger partial charge in [-0.1, -0.05) is 6.58 Å². The van der Waals surface area contributed by atoms with Crippen molar-refractivity contribution in [2.24, 2.45) is 5.84 Å². The van der Waals surface area contributed by atoms with Crippen molar-refractivity contribution in [3.63, 3.8) is 0 Å². The van der Waals surface area contributed by atoms with E-state index >= 15 is 0 Å². The Morgan fingerprint density at radius 2 is 2.08 bits per heavy atom. The molecule has 0 spiro atoms. The fraction of sp³-hybridized carbons (Fsp3) is 0.0667. The van der Waals surface area contributed by atoms with Crippen LogP contribution in [-0.2, 0) is 4.74 Å². The predicted molar refractivity (Wildman–Crippen MR) is 86.8 cm³/mol. The topological polar surface area (TPSA) is 115 Å². The Hall–Kier alpha value is -3.20. The van der Waals surface area contributed by atoms with Gasteiger partial charge in [-0.05, 0) is 18.2 Å². The highest BCUT2D eigenvalue weighted by molar-refractivity contribution is 6.05. The van der Waals surface area contributed by atoms with Crippen molar-refractivity contribution >= 4 is 28.9 Å². The maximum absolute atomic E-state index is 13.9. The number of ether oxygens (including phenoxy) is 1. The first kappa shape index (κ1) is 17.2. The Balaban J connectivity index is 2.37. The van der Waals surface area contributed by atoms with E-state index < -0.39 is 23.1 Å². The van der Waals surface area contributed by atoms with Gasteiger partial charge in [-0.3, -0.25) is 4.79 Å². The highest BCUT2D eigenvalue weighted by Gasteiger charge is 2.20. The first-order chi connectivity index (χ1) is 11.4. The van der Waals surface area contributed by atoms with Gasteiger partial charge in [-0.2, -0.15) is 0 Å². The molecule has 0 aliphatic carbocycles. The predicted octanol–water partition coefficient (Wildman–Crippen LogP) is 2.10. The van der Waals surface area contributed by atoms with Gasteiger partial charge in [0.15, 0.2) is 11.6 Å². The summed E-state index contributed by atoms with van der Waals surface area (Å²) in [6, 6.07) is 3.38. The maximum Gasteiger partial charge on any atom is 0.261 e. The van der Waals surface area contributed by atoms with Gasteiger partial charge in [0.25, 0.3) is 5.91 Å². The number of anilines is 3. The number of aromatic nitrogens is 1. The largest absolute Gasteiger partial charge is 0.497 e. The van der Waals surface area contributed by atoms with Crippen LogP contribution in [0, 0.1) is 11.6 Å². The second-order valence-electron chi connectivity index (χ2n) is 4.67. The number of carbonyl (C=O) groups is 1. The third-order valence-corrected chi connectivity index (χ3v) is 3.18. The third kappa shape index (κ3) is 3.25. The van der Waals surface area contributed by atoms with Crippen molar-refractivity contribution in [1.82, 2.24) is 4.98 Å². The lowest BCUT2D eigenvalue weighted by Crippen LogP contribution is -2.18. The molecule has 2 rings (SSSR count). The lowest BCUT2D eigenvalue weighted by molar-refractivity contribution is 0.101. The zero-order chi connectivity index (χ0) is 17.9. The van der Waals surface area contributed by atoms with Crippen molar-refractivity contribution in [2.75, 3.05) is 23.6 Å². The van der Waals surface area contributed by atoms with E-state index in [4.69, 9.17) is 16.3 Å². The third-order valence-electron chi connectivity index (χ3n) is 3.18. The summed E-state index contributed by atoms with van der Waals surface area (Å²) < 4.78 is 32.6. The van der Waals surface area contributed by atoms with Crippen LogP contribution in [0.3, 0.4) is 0 Å². The number of amides is 1. The van der Waals surface area contributed by atoms with Crippen molar-refractivity contribution < 1.29 is 18.3 Å². The van der Waals surface area contributed by atoms with Crippen LogP contribution in [0.2, 0.25) is 0 Å². The monoisotopic (exact) mass is 335 g/mol. The Labute approximate surface area is 136 Å². The van der Waals surface area contributed by atoms with Crippen LogP contribution in [0.4, 0.5) is 26.0 Å². The van der Waals surface area contributed by atoms with Crippen LogP contribution in [0.15, 0.2) is 31.0 Å². The Bertz CT molecular complexity index is 811. The lowest BCUT2D eigenvalue weighted by atomic mass is 10.1. The summed E-state index contributed by atoms with van der Waals surface area (Å²) in [7, 11) is 1.39. The minimum Gasteiger partial charge on any atom is -0.497 e. The molecule has 1 aromatic carbocycles. The molecule has 7 nitrogen and oxygen atoms in total. The summed E-state index contributed by atoms with van der Waals surface area (Å²) in [5, 5.41) is 2.34. The molecule has 0 aliphatic heterocycles. The fourth-order valence-corrected chi connectivity index (χ4v) is 1.94. The van der Waals surface area contributed by atoms with Crippen LogP contribution in [0.25, 0.3) is 5.76 Å². The number of hydrogen-bond donors (Lipinski definition) is 4. The fourth-order valence-electron chi connectivity index (χ4n) is 1.94. The van der Waals surface area contributed by atoms with E-state index in [-0.39, 0.29) is 23.0 Å². The molecule has 0 bridgehead atoms. The number of benzene rings is 1. The summed E-state index contributed by atoms with van der Waals surface area (Å²) >= 11 is 0. The summed E-state index contributed by atoms with van der Waals surface area (Å²) in [4.78, 5) is 16.1. The standard InChI is InChI=1S/C15H15F2N5O2/c1-7(24-2)9-5-8(6-20-14(9)22-19)21-15(23)12-10(16)3-4-11(18)13(12)17/h3-6H,1,18-19H2,2H3,(H,20,22)(H,21,23). The van der Waals surface area contributed by atoms with E-state index in [1.165, 1.54) is 19.4 Å². The molecule has 0 atom stereocenters. The van der Waals surface area contributed by atoms with E-state index in [0.29, 0.717) is 5.56 Å². The van der Waals surface area contributed by atoms with E-state index in [0.717, 1.165) is 12.1 Å². The number of rotatable bonds is 5. The number of nitrogens with two attached hydrogens (primary N) is 2. The molecule has 0 saturated heterocycles. The minimum absolute atomic E-state index is 0.161. The number of hydrazine groups is 1. The first-order valence-electron chi connectivity index (χ1n) is 6.63. The normalized spacial score (nSPS) is 10.2. The number of halogens is 2. The number of pyridine rings is 1. The van der Waals surface area contributed by atoms with Crippen molar-refractivity contribution in [3.05, 3.63) is 53.7 Å². The lowest BCUT2D eigenvalue weighted by Gasteiger charge is -2.13. The Morgan fingerprint density at radius 3 is 2.71 bits per heavy atom. The molecule has 24 heavy (non-hydrogen) atoms. The van der Waals surface area contributed by atoms with Gasteiger partial charge >= 0.3 is 0 Å². The van der Waals surface area contributed by atoms with Crippen molar-refractivity contribution in [3.8, 4) is 0 Å². The zero-order valence-electron chi connectivity index (χ0n) is 12.7. The molecule has 1 amide bonds. The quantitative estimate of drug-likeness (QED) is 0.288. The van der Waals surface area contributed by atoms with E-state index in [1.54, 1.807) is 0 Å². The number of carbonyl (C=O) groups excluding carboxylic acids is 1. The molecule has 2 aromatic rings. The highest BCUT2D eigenvalue weighted by Crippen LogP contribution is 2.25. The smallest absolute Gasteiger partial charge is 0.261 e. The molecule has 126 valence electrons. The van der Waals surface area contributed by atoms with Gasteiger partial charge < -0.3 is 21.2 Å². The van der Waals surface area contributed by atoms with Gasteiger partial charge in [0.05, 0.1) is 30.2 Å². The van der Waals surface area contributed by atoms with Crippen molar-refractivity contribution in [2.45, 2.75) is 0 Å². The van der Waals surface area contributed by atoms with E-state index in [9.17, 15) is 13.6 Å². The number of nitrogens with one attached hydrogen (secondary N) is 2. The first-order valence-corrected chi connectivity index (χ1v) is 6.63. The molecular formula is C15H15F2N5O2. The molecule has 1 heterocycles. The van der Waals surface area contributed by atoms with Crippen LogP contribution < -0.4 is 22.3 Å². The van der Waals surface area contributed by atoms with Gasteiger partial charge in [0, 0.05) is 0 Å². The summed E-state index contributed by atoms with van der Waals surface area (Å²) in [6.07, 6.45) is 1.25. The SMILES string of the molecule is C=C(OC)c1cc(NC(=O)c2c(F)ccc(N)c2F)cnc1NN. The average molecular weight is 335 g/mol. The molecule has 6 N–H and O–H groups in total. The molecule has 0 unspecified atom stereocenters. The Kier molecular flexibility index (Phi) is 4.95. The molecule has 0 saturated carbocycles. The summed E-state index contributed by atoms with van der Waals surface area (Å²) in [5.41, 5.74) is 7.11. The highest BCUT2D eigenvalue weighted by atomic mass is 19.1. The summed E-state index contributed by atoms with van der Waals surface area (Å²) in [6.45, 7) is 3.66. The average Bonchev–Trinajstić information content (AvgIpc) is 2.57. The summed E-state index contributed by atoms with van der Waals surface area (Å²) in [5.74, 6) is 2.63. The number of hydrogen-bond acceptors (Lipinski definition) is 6. The second kappa shape index (κ2) is 6.92. The van der Waals surface area contributed by atoms with Crippen LogP contribution >= 0.6 is 0 Å². The minimum atomic E-state index is -1.14. The van der Waals surface area contributed by atoms with Crippen LogP contribution in [0.1, 0.15) is 15.9 Å². The Morgan fingerprint density at radius 1 is 1.38 bits per heavy atom. The zero-order valence-corrected chi connectivity index (χ0v) is 12.7. The molecular weight excluding hydrogens is 320 g/mol. The number of nitrogen functional groups attached to an aromatic ring is 2. The molecule has 0 radical (unpaired) electrons. The number of methoxy groups -OCH3 is 1. The van der Waals surface area contributed by atoms with E-state index in [2.05, 4.69) is 22.3 Å². The van der Waals surface area contributed by atoms with Gasteiger partial charge in [0.2, 0.25) is 0 Å². The molecule has 0 aliphatic rings. The van der Waals surface area contributed by atoms with Gasteiger partial charge in [0.1, 0.15) is 17.1 Å². The van der Waals surface area contributed by atoms with E-state index in [1.807, 2.05) is 0 Å². The molecule has 9 heteroatoms. The second-order valence-corrected chi connectivity index (χ2v) is 4.67. The molecule has 1 aromatic heterocycles. The molecule has 0 fully saturated rings. The van der Waals surface area contributed by atoms with Gasteiger partial charge in [-0.25, -0.2) is 19.6 Å².